The van der Waals surface area contributed by atoms with Gasteiger partial charge in [0.05, 0.1) is 0 Å². The summed E-state index contributed by atoms with van der Waals surface area (Å²) in [7, 11) is 3.95. The monoisotopic (exact) mass is 417 g/mol. The molecule has 1 aliphatic heterocycles. The van der Waals surface area contributed by atoms with E-state index in [2.05, 4.69) is 25.4 Å². The first kappa shape index (κ1) is 20.6. The molecule has 0 radical (unpaired) electrons. The number of hydrogen-bond acceptors (Lipinski definition) is 7. The SMILES string of the molecule is Cc1ccnc(Nc2ccc(N3CCN(C(=O)c4cccc(N(C)C)c4)CC3)nn2)c1. The lowest BCUT2D eigenvalue weighted by Crippen LogP contribution is -2.49. The maximum absolute atomic E-state index is 12.9. The molecule has 3 heterocycles. The minimum Gasteiger partial charge on any atom is -0.378 e. The van der Waals surface area contributed by atoms with Gasteiger partial charge in [0.15, 0.2) is 11.6 Å². The van der Waals surface area contributed by atoms with Crippen LogP contribution in [0.15, 0.2) is 54.7 Å². The molecular formula is C23H27N7O. The van der Waals surface area contributed by atoms with Crippen molar-refractivity contribution in [3.63, 3.8) is 0 Å². The third-order valence-corrected chi connectivity index (χ3v) is 5.32. The largest absolute Gasteiger partial charge is 0.378 e. The summed E-state index contributed by atoms with van der Waals surface area (Å²) >= 11 is 0. The third-order valence-electron chi connectivity index (χ3n) is 5.32. The van der Waals surface area contributed by atoms with E-state index in [1.165, 1.54) is 0 Å². The van der Waals surface area contributed by atoms with Crippen LogP contribution in [0.2, 0.25) is 0 Å². The van der Waals surface area contributed by atoms with E-state index in [9.17, 15) is 4.79 Å². The third kappa shape index (κ3) is 4.91. The Hall–Kier alpha value is -3.68. The Kier molecular flexibility index (Phi) is 5.97. The van der Waals surface area contributed by atoms with Crippen molar-refractivity contribution in [2.24, 2.45) is 0 Å². The molecule has 0 bridgehead atoms. The average Bonchev–Trinajstić information content (AvgIpc) is 2.79. The highest BCUT2D eigenvalue weighted by Gasteiger charge is 2.23. The summed E-state index contributed by atoms with van der Waals surface area (Å²) in [6, 6.07) is 15.5. The normalized spacial score (nSPS) is 13.8. The van der Waals surface area contributed by atoms with Crippen molar-refractivity contribution in [1.82, 2.24) is 20.1 Å². The van der Waals surface area contributed by atoms with Gasteiger partial charge >= 0.3 is 0 Å². The van der Waals surface area contributed by atoms with E-state index >= 15 is 0 Å². The maximum atomic E-state index is 12.9. The maximum Gasteiger partial charge on any atom is 0.254 e. The molecule has 2 aromatic heterocycles. The van der Waals surface area contributed by atoms with Gasteiger partial charge in [-0.25, -0.2) is 4.98 Å². The molecule has 0 aliphatic carbocycles. The second-order valence-corrected chi connectivity index (χ2v) is 7.84. The Labute approximate surface area is 182 Å². The molecule has 1 aliphatic rings. The Morgan fingerprint density at radius 2 is 1.77 bits per heavy atom. The summed E-state index contributed by atoms with van der Waals surface area (Å²) < 4.78 is 0. The van der Waals surface area contributed by atoms with Gasteiger partial charge in [0.25, 0.3) is 5.91 Å². The Morgan fingerprint density at radius 3 is 2.45 bits per heavy atom. The molecule has 1 aromatic carbocycles. The zero-order chi connectivity index (χ0) is 21.8. The van der Waals surface area contributed by atoms with Crippen LogP contribution < -0.4 is 15.1 Å². The second kappa shape index (κ2) is 8.99. The van der Waals surface area contributed by atoms with E-state index in [0.29, 0.717) is 18.9 Å². The van der Waals surface area contributed by atoms with E-state index < -0.39 is 0 Å². The molecular weight excluding hydrogens is 390 g/mol. The van der Waals surface area contributed by atoms with Gasteiger partial charge in [-0.2, -0.15) is 0 Å². The Morgan fingerprint density at radius 1 is 0.968 bits per heavy atom. The van der Waals surface area contributed by atoms with Crippen LogP contribution in [0.1, 0.15) is 15.9 Å². The highest BCUT2D eigenvalue weighted by molar-refractivity contribution is 5.95. The number of aromatic nitrogens is 3. The van der Waals surface area contributed by atoms with E-state index in [1.807, 2.05) is 79.3 Å². The van der Waals surface area contributed by atoms with Crippen molar-refractivity contribution in [2.45, 2.75) is 6.92 Å². The van der Waals surface area contributed by atoms with E-state index in [-0.39, 0.29) is 5.91 Å². The lowest BCUT2D eigenvalue weighted by molar-refractivity contribution is 0.0746. The number of amides is 1. The van der Waals surface area contributed by atoms with Crippen molar-refractivity contribution in [1.29, 1.82) is 0 Å². The lowest BCUT2D eigenvalue weighted by atomic mass is 10.1. The minimum atomic E-state index is 0.0691. The Balaban J connectivity index is 1.35. The van der Waals surface area contributed by atoms with Crippen LogP contribution in [0.4, 0.5) is 23.1 Å². The standard InChI is InChI=1S/C23H27N7O/c1-17-9-10-24-21(15-17)25-20-7-8-22(27-26-20)29-11-13-30(14-12-29)23(31)18-5-4-6-19(16-18)28(2)3/h4-10,15-16H,11-14H2,1-3H3,(H,24,25,26). The summed E-state index contributed by atoms with van der Waals surface area (Å²) in [6.07, 6.45) is 1.76. The van der Waals surface area contributed by atoms with Gasteiger partial charge in [-0.1, -0.05) is 6.07 Å². The average molecular weight is 418 g/mol. The molecule has 8 nitrogen and oxygen atoms in total. The number of aryl methyl sites for hydroxylation is 1. The van der Waals surface area contributed by atoms with Gasteiger partial charge in [0.2, 0.25) is 0 Å². The molecule has 1 fully saturated rings. The van der Waals surface area contributed by atoms with E-state index in [1.54, 1.807) is 6.20 Å². The summed E-state index contributed by atoms with van der Waals surface area (Å²) in [5, 5.41) is 11.8. The second-order valence-electron chi connectivity index (χ2n) is 7.84. The lowest BCUT2D eigenvalue weighted by Gasteiger charge is -2.35. The first-order chi connectivity index (χ1) is 15.0. The number of carbonyl (C=O) groups is 1. The zero-order valence-corrected chi connectivity index (χ0v) is 18.1. The van der Waals surface area contributed by atoms with Crippen molar-refractivity contribution >= 4 is 29.0 Å². The molecule has 1 amide bonds. The van der Waals surface area contributed by atoms with Crippen LogP contribution in [0.5, 0.6) is 0 Å². The minimum absolute atomic E-state index is 0.0691. The Bertz CT molecular complexity index is 1040. The van der Waals surface area contributed by atoms with Crippen LogP contribution in [0, 0.1) is 6.92 Å². The first-order valence-electron chi connectivity index (χ1n) is 10.3. The number of pyridine rings is 1. The van der Waals surface area contributed by atoms with Crippen molar-refractivity contribution in [3.05, 3.63) is 65.9 Å². The molecule has 0 saturated carbocycles. The van der Waals surface area contributed by atoms with Gasteiger partial charge in [-0.15, -0.1) is 10.2 Å². The number of nitrogens with one attached hydrogen (secondary N) is 1. The molecule has 1 N–H and O–H groups in total. The van der Waals surface area contributed by atoms with Gasteiger partial charge in [0, 0.05) is 57.7 Å². The predicted octanol–water partition coefficient (Wildman–Crippen LogP) is 2.95. The van der Waals surface area contributed by atoms with Crippen LogP contribution >= 0.6 is 0 Å². The van der Waals surface area contributed by atoms with Crippen molar-refractivity contribution < 1.29 is 4.79 Å². The molecule has 0 atom stereocenters. The van der Waals surface area contributed by atoms with E-state index in [4.69, 9.17) is 0 Å². The fourth-order valence-electron chi connectivity index (χ4n) is 3.53. The molecule has 3 aromatic rings. The number of nitrogens with zero attached hydrogens (tertiary/aromatic N) is 6. The molecule has 0 unspecified atom stereocenters. The molecule has 160 valence electrons. The summed E-state index contributed by atoms with van der Waals surface area (Å²) in [4.78, 5) is 23.2. The molecule has 0 spiro atoms. The van der Waals surface area contributed by atoms with Crippen LogP contribution in [0.3, 0.4) is 0 Å². The quantitative estimate of drug-likeness (QED) is 0.684. The van der Waals surface area contributed by atoms with E-state index in [0.717, 1.165) is 41.5 Å². The summed E-state index contributed by atoms with van der Waals surface area (Å²) in [5.74, 6) is 2.27. The van der Waals surface area contributed by atoms with Crippen LogP contribution in [0.25, 0.3) is 0 Å². The van der Waals surface area contributed by atoms with Gasteiger partial charge in [-0.3, -0.25) is 4.79 Å². The fraction of sp³-hybridized carbons (Fsp3) is 0.304. The van der Waals surface area contributed by atoms with Gasteiger partial charge in [0.1, 0.15) is 5.82 Å². The first-order valence-corrected chi connectivity index (χ1v) is 10.3. The van der Waals surface area contributed by atoms with Crippen LogP contribution in [-0.2, 0) is 0 Å². The molecule has 8 heteroatoms. The topological polar surface area (TPSA) is 77.5 Å². The van der Waals surface area contributed by atoms with Crippen molar-refractivity contribution in [3.8, 4) is 0 Å². The smallest absolute Gasteiger partial charge is 0.254 e. The number of benzene rings is 1. The predicted molar refractivity (Wildman–Crippen MR) is 123 cm³/mol. The van der Waals surface area contributed by atoms with Crippen molar-refractivity contribution in [2.75, 3.05) is 55.4 Å². The molecule has 31 heavy (non-hydrogen) atoms. The highest BCUT2D eigenvalue weighted by Crippen LogP contribution is 2.19. The van der Waals surface area contributed by atoms with Gasteiger partial charge in [-0.05, 0) is 55.0 Å². The number of hydrogen-bond donors (Lipinski definition) is 1. The van der Waals surface area contributed by atoms with Gasteiger partial charge < -0.3 is 20.0 Å². The summed E-state index contributed by atoms with van der Waals surface area (Å²) in [5.41, 5.74) is 2.87. The summed E-state index contributed by atoms with van der Waals surface area (Å²) in [6.45, 7) is 4.77. The number of anilines is 4. The highest BCUT2D eigenvalue weighted by atomic mass is 16.2. The number of piperazine rings is 1. The number of rotatable bonds is 5. The fourth-order valence-corrected chi connectivity index (χ4v) is 3.53. The number of carbonyl (C=O) groups excluding carboxylic acids is 1. The van der Waals surface area contributed by atoms with Crippen LogP contribution in [-0.4, -0.2) is 66.3 Å². The molecule has 1 saturated heterocycles. The zero-order valence-electron chi connectivity index (χ0n) is 18.1. The molecule has 4 rings (SSSR count).